The number of hydrogen-bond acceptors (Lipinski definition) is 12. The molecule has 2 aliphatic heterocycles. The molecule has 0 atom stereocenters. The Labute approximate surface area is 293 Å². The first-order valence-electron chi connectivity index (χ1n) is 15.9. The monoisotopic (exact) mass is 765 g/mol. The van der Waals surface area contributed by atoms with Gasteiger partial charge in [-0.1, -0.05) is 11.9 Å². The number of nitrogens with zero attached hydrogens (tertiary/aromatic N) is 9. The van der Waals surface area contributed by atoms with Crippen molar-refractivity contribution in [2.24, 2.45) is 0 Å². The van der Waals surface area contributed by atoms with Crippen molar-refractivity contribution in [1.29, 1.82) is 0 Å². The van der Waals surface area contributed by atoms with E-state index in [2.05, 4.69) is 93.5 Å². The van der Waals surface area contributed by atoms with E-state index < -0.39 is 0 Å². The second-order valence-corrected chi connectivity index (χ2v) is 13.9. The standard InChI is InChI=1S/C33H40IN11OS/c1-41-17-19-44(20-18-41)22-10-15-43(16-11-22)23-5-6-24(28(21-23)46-3)38-33-39-26-9-12-36-30(26)32(40-33)45(34)27-8-7-25-29(37-14-13-35-25)31(27)42(2)47-4/h5-9,12-14,21-22,36H,10-11,15-20H2,1-4H3,(H,38,39,40). The molecule has 0 amide bonds. The number of rotatable bonds is 9. The highest BCUT2D eigenvalue weighted by Crippen LogP contribution is 2.43. The van der Waals surface area contributed by atoms with Crippen molar-refractivity contribution in [3.8, 4) is 5.75 Å². The van der Waals surface area contributed by atoms with Crippen LogP contribution in [0.15, 0.2) is 55.0 Å². The summed E-state index contributed by atoms with van der Waals surface area (Å²) in [6.45, 7) is 6.77. The predicted molar refractivity (Wildman–Crippen MR) is 202 cm³/mol. The van der Waals surface area contributed by atoms with Gasteiger partial charge in [0, 0.05) is 89.0 Å². The van der Waals surface area contributed by atoms with Gasteiger partial charge in [-0.2, -0.15) is 4.98 Å². The second kappa shape index (κ2) is 13.9. The van der Waals surface area contributed by atoms with E-state index in [0.717, 1.165) is 63.8 Å². The fourth-order valence-corrected chi connectivity index (χ4v) is 7.69. The van der Waals surface area contributed by atoms with Crippen LogP contribution in [0.2, 0.25) is 0 Å². The Morgan fingerprint density at radius 1 is 0.979 bits per heavy atom. The fourth-order valence-electron chi connectivity index (χ4n) is 6.59. The molecule has 246 valence electrons. The third-order valence-corrected chi connectivity index (χ3v) is 11.0. The molecule has 2 N–H and O–H groups in total. The molecule has 2 aliphatic rings. The lowest BCUT2D eigenvalue weighted by molar-refractivity contribution is 0.0982. The summed E-state index contributed by atoms with van der Waals surface area (Å²) in [5, 5.41) is 3.46. The van der Waals surface area contributed by atoms with Crippen LogP contribution in [0.25, 0.3) is 22.1 Å². The zero-order valence-corrected chi connectivity index (χ0v) is 30.1. The van der Waals surface area contributed by atoms with Crippen LogP contribution < -0.4 is 22.4 Å². The van der Waals surface area contributed by atoms with Crippen molar-refractivity contribution >= 4 is 91.4 Å². The molecule has 2 aromatic carbocycles. The first-order chi connectivity index (χ1) is 22.9. The van der Waals surface area contributed by atoms with Crippen LogP contribution in [0, 0.1) is 0 Å². The smallest absolute Gasteiger partial charge is 0.230 e. The maximum Gasteiger partial charge on any atom is 0.230 e. The number of nitrogens with one attached hydrogen (secondary N) is 2. The molecule has 14 heteroatoms. The van der Waals surface area contributed by atoms with Gasteiger partial charge in [0.25, 0.3) is 0 Å². The molecule has 2 saturated heterocycles. The summed E-state index contributed by atoms with van der Waals surface area (Å²) < 4.78 is 10.0. The molecule has 2 fully saturated rings. The zero-order valence-electron chi connectivity index (χ0n) is 27.1. The molecule has 5 aromatic rings. The summed E-state index contributed by atoms with van der Waals surface area (Å²) in [5.41, 5.74) is 7.18. The Hall–Kier alpha value is -3.60. The molecule has 3 aromatic heterocycles. The Morgan fingerprint density at radius 2 is 1.77 bits per heavy atom. The SMILES string of the molecule is COc1cc(N2CCC(N3CCN(C)CC3)CC2)ccc1Nc1nc(N(I)c2ccc3nccnc3c2N(C)SC)c2[nH]ccc2n1. The lowest BCUT2D eigenvalue weighted by Gasteiger charge is -2.42. The van der Waals surface area contributed by atoms with Gasteiger partial charge in [-0.15, -0.1) is 0 Å². The van der Waals surface area contributed by atoms with Crippen LogP contribution in [-0.4, -0.2) is 107 Å². The number of H-pyrrole nitrogens is 1. The summed E-state index contributed by atoms with van der Waals surface area (Å²) >= 11 is 3.92. The zero-order chi connectivity index (χ0) is 32.5. The highest BCUT2D eigenvalue weighted by atomic mass is 127. The lowest BCUT2D eigenvalue weighted by Crippen LogP contribution is -2.52. The summed E-state index contributed by atoms with van der Waals surface area (Å²) in [6, 6.07) is 13.1. The summed E-state index contributed by atoms with van der Waals surface area (Å²) in [4.78, 5) is 30.0. The van der Waals surface area contributed by atoms with Crippen LogP contribution in [0.1, 0.15) is 12.8 Å². The van der Waals surface area contributed by atoms with Crippen molar-refractivity contribution < 1.29 is 4.74 Å². The van der Waals surface area contributed by atoms with E-state index in [4.69, 9.17) is 14.7 Å². The molecular weight excluding hydrogens is 725 g/mol. The Balaban J connectivity index is 1.14. The van der Waals surface area contributed by atoms with E-state index in [9.17, 15) is 0 Å². The molecular formula is C33H40IN11OS. The molecule has 0 unspecified atom stereocenters. The van der Waals surface area contributed by atoms with Crippen molar-refractivity contribution in [2.75, 3.05) is 84.4 Å². The number of fused-ring (bicyclic) bond motifs is 2. The Bertz CT molecular complexity index is 1860. The van der Waals surface area contributed by atoms with Gasteiger partial charge < -0.3 is 29.1 Å². The van der Waals surface area contributed by atoms with Crippen molar-refractivity contribution in [2.45, 2.75) is 18.9 Å². The highest BCUT2D eigenvalue weighted by Gasteiger charge is 2.27. The Kier molecular flexibility index (Phi) is 9.43. The van der Waals surface area contributed by atoms with Gasteiger partial charge in [-0.3, -0.25) is 18.0 Å². The largest absolute Gasteiger partial charge is 0.494 e. The third kappa shape index (κ3) is 6.47. The topological polar surface area (TPSA) is 105 Å². The molecule has 0 spiro atoms. The van der Waals surface area contributed by atoms with E-state index in [1.807, 2.05) is 34.7 Å². The van der Waals surface area contributed by atoms with E-state index >= 15 is 0 Å². The molecule has 47 heavy (non-hydrogen) atoms. The maximum atomic E-state index is 5.89. The number of anilines is 6. The molecule has 12 nitrogen and oxygen atoms in total. The van der Waals surface area contributed by atoms with Gasteiger partial charge in [0.1, 0.15) is 16.8 Å². The van der Waals surface area contributed by atoms with Gasteiger partial charge >= 0.3 is 0 Å². The molecule has 0 aliphatic carbocycles. The van der Waals surface area contributed by atoms with Crippen LogP contribution in [0.5, 0.6) is 5.75 Å². The average Bonchev–Trinajstić information content (AvgIpc) is 3.59. The maximum absolute atomic E-state index is 5.89. The number of hydrogen-bond donors (Lipinski definition) is 2. The summed E-state index contributed by atoms with van der Waals surface area (Å²) in [5.74, 6) is 1.96. The predicted octanol–water partition coefficient (Wildman–Crippen LogP) is 6.07. The number of methoxy groups -OCH3 is 1. The number of aromatic nitrogens is 5. The van der Waals surface area contributed by atoms with Crippen LogP contribution in [-0.2, 0) is 0 Å². The quantitative estimate of drug-likeness (QED) is 0.103. The van der Waals surface area contributed by atoms with Crippen LogP contribution in [0.4, 0.5) is 34.5 Å². The minimum atomic E-state index is 0.480. The number of aromatic amines is 1. The second-order valence-electron chi connectivity index (χ2n) is 12.0. The minimum Gasteiger partial charge on any atom is -0.494 e. The number of piperazine rings is 1. The Morgan fingerprint density at radius 3 is 2.53 bits per heavy atom. The molecule has 7 rings (SSSR count). The molecule has 5 heterocycles. The normalized spacial score (nSPS) is 16.6. The van der Waals surface area contributed by atoms with Gasteiger partial charge in [0.15, 0.2) is 5.82 Å². The first kappa shape index (κ1) is 32.0. The van der Waals surface area contributed by atoms with E-state index in [-0.39, 0.29) is 0 Å². The van der Waals surface area contributed by atoms with Crippen LogP contribution >= 0.6 is 34.8 Å². The van der Waals surface area contributed by atoms with E-state index in [1.54, 1.807) is 31.5 Å². The fraction of sp³-hybridized carbons (Fsp3) is 0.394. The number of benzene rings is 2. The average molecular weight is 766 g/mol. The highest BCUT2D eigenvalue weighted by molar-refractivity contribution is 14.1. The van der Waals surface area contributed by atoms with Crippen molar-refractivity contribution in [3.63, 3.8) is 0 Å². The molecule has 0 saturated carbocycles. The van der Waals surface area contributed by atoms with Gasteiger partial charge in [0.05, 0.1) is 58.1 Å². The van der Waals surface area contributed by atoms with Crippen molar-refractivity contribution in [1.82, 2.24) is 34.7 Å². The van der Waals surface area contributed by atoms with Gasteiger partial charge in [-0.05, 0) is 50.2 Å². The third-order valence-electron chi connectivity index (χ3n) is 9.28. The number of halogens is 1. The van der Waals surface area contributed by atoms with Crippen LogP contribution in [0.3, 0.4) is 0 Å². The van der Waals surface area contributed by atoms with Gasteiger partial charge in [-0.25, -0.2) is 4.98 Å². The number of likely N-dealkylation sites (N-methyl/N-ethyl adjacent to an activating group) is 1. The minimum absolute atomic E-state index is 0.480. The van der Waals surface area contributed by atoms with E-state index in [0.29, 0.717) is 12.0 Å². The number of ether oxygens (including phenoxy) is 1. The van der Waals surface area contributed by atoms with E-state index in [1.165, 1.54) is 44.7 Å². The molecule has 0 radical (unpaired) electrons. The van der Waals surface area contributed by atoms with Crippen molar-refractivity contribution in [3.05, 3.63) is 55.0 Å². The first-order valence-corrected chi connectivity index (χ1v) is 18.0. The number of piperidine rings is 1. The van der Waals surface area contributed by atoms with Gasteiger partial charge in [0.2, 0.25) is 5.95 Å². The molecule has 0 bridgehead atoms. The summed E-state index contributed by atoms with van der Waals surface area (Å²) in [7, 11) is 5.96. The lowest BCUT2D eigenvalue weighted by atomic mass is 10.0. The summed E-state index contributed by atoms with van der Waals surface area (Å²) in [6.07, 6.45) is 9.75.